The molecule has 1 aromatic heterocycles. The summed E-state index contributed by atoms with van der Waals surface area (Å²) in [5, 5.41) is 11.4. The van der Waals surface area contributed by atoms with Crippen molar-refractivity contribution < 1.29 is 26.7 Å². The van der Waals surface area contributed by atoms with Crippen LogP contribution < -0.4 is 16.4 Å². The van der Waals surface area contributed by atoms with Crippen molar-refractivity contribution in [2.45, 2.75) is 6.18 Å². The number of nitrogens with one attached hydrogen (secondary N) is 3. The van der Waals surface area contributed by atoms with Gasteiger partial charge in [-0.05, 0) is 42.0 Å². The highest BCUT2D eigenvalue weighted by molar-refractivity contribution is 6.03. The Kier molecular flexibility index (Phi) is 5.17. The number of anilines is 3. The molecule has 0 bridgehead atoms. The number of aromatic nitrogens is 2. The van der Waals surface area contributed by atoms with E-state index in [1.54, 1.807) is 0 Å². The normalized spacial score (nSPS) is 11.5. The fourth-order valence-electron chi connectivity index (χ4n) is 3.25. The topological polar surface area (TPSA) is 95.8 Å². The molecule has 0 aliphatic heterocycles. The molecule has 0 radical (unpaired) electrons. The van der Waals surface area contributed by atoms with Crippen LogP contribution in [0.1, 0.15) is 5.56 Å². The maximum absolute atomic E-state index is 14.5. The summed E-state index contributed by atoms with van der Waals surface area (Å²) in [5.41, 5.74) is 5.17. The first-order valence-corrected chi connectivity index (χ1v) is 9.11. The summed E-state index contributed by atoms with van der Waals surface area (Å²) in [5.74, 6) is -1.99. The van der Waals surface area contributed by atoms with Crippen LogP contribution in [-0.4, -0.2) is 16.2 Å². The number of carbonyl (C=O) groups is 1. The average Bonchev–Trinajstić information content (AvgIpc) is 3.10. The van der Waals surface area contributed by atoms with Gasteiger partial charge in [0.05, 0.1) is 22.2 Å². The molecule has 32 heavy (non-hydrogen) atoms. The number of hydrogen-bond acceptors (Lipinski definition) is 3. The zero-order chi connectivity index (χ0) is 23.0. The average molecular weight is 447 g/mol. The zero-order valence-electron chi connectivity index (χ0n) is 16.0. The van der Waals surface area contributed by atoms with Gasteiger partial charge in [0.25, 0.3) is 0 Å². The number of carbonyl (C=O) groups excluding carboxylic acids is 1. The zero-order valence-corrected chi connectivity index (χ0v) is 16.0. The summed E-state index contributed by atoms with van der Waals surface area (Å²) in [7, 11) is 0. The molecule has 1 heterocycles. The number of fused-ring (bicyclic) bond motifs is 1. The maximum Gasteiger partial charge on any atom is 0.419 e. The van der Waals surface area contributed by atoms with E-state index in [0.29, 0.717) is 22.5 Å². The summed E-state index contributed by atoms with van der Waals surface area (Å²) in [6.45, 7) is 0. The predicted octanol–water partition coefficient (Wildman–Crippen LogP) is 5.75. The molecule has 3 aromatic carbocycles. The number of nitrogens with two attached hydrogens (primary N) is 1. The summed E-state index contributed by atoms with van der Waals surface area (Å²) >= 11 is 0. The lowest BCUT2D eigenvalue weighted by atomic mass is 10.0. The molecule has 0 aliphatic rings. The minimum atomic E-state index is -4.90. The van der Waals surface area contributed by atoms with E-state index >= 15 is 0 Å². The molecule has 0 unspecified atom stereocenters. The second kappa shape index (κ2) is 7.84. The van der Waals surface area contributed by atoms with Crippen LogP contribution in [-0.2, 0) is 6.18 Å². The summed E-state index contributed by atoms with van der Waals surface area (Å²) in [6.07, 6.45) is -4.90. The van der Waals surface area contributed by atoms with Gasteiger partial charge in [0.15, 0.2) is 11.6 Å². The molecule has 11 heteroatoms. The van der Waals surface area contributed by atoms with Gasteiger partial charge >= 0.3 is 12.2 Å². The van der Waals surface area contributed by atoms with E-state index in [9.17, 15) is 26.7 Å². The third-order valence-electron chi connectivity index (χ3n) is 4.69. The minimum absolute atomic E-state index is 0.124. The second-order valence-corrected chi connectivity index (χ2v) is 6.78. The largest absolute Gasteiger partial charge is 0.419 e. The van der Waals surface area contributed by atoms with Crippen molar-refractivity contribution in [3.05, 3.63) is 71.8 Å². The summed E-state index contributed by atoms with van der Waals surface area (Å²) in [4.78, 5) is 12.1. The molecule has 0 atom stereocenters. The number of nitrogens with zero attached hydrogens (tertiary/aromatic N) is 1. The Bertz CT molecular complexity index is 1310. The summed E-state index contributed by atoms with van der Waals surface area (Å²) in [6, 6.07) is 10.3. The molecule has 0 fully saturated rings. The Hall–Kier alpha value is -4.15. The van der Waals surface area contributed by atoms with Gasteiger partial charge in [-0.15, -0.1) is 0 Å². The molecule has 4 aromatic rings. The number of hydrogen-bond donors (Lipinski definition) is 4. The fourth-order valence-corrected chi connectivity index (χ4v) is 3.25. The van der Waals surface area contributed by atoms with Gasteiger partial charge in [-0.3, -0.25) is 5.10 Å². The highest BCUT2D eigenvalue weighted by Gasteiger charge is 2.35. The second-order valence-electron chi connectivity index (χ2n) is 6.78. The Morgan fingerprint density at radius 1 is 0.969 bits per heavy atom. The van der Waals surface area contributed by atoms with Gasteiger partial charge < -0.3 is 16.4 Å². The number of aromatic amines is 1. The Balaban J connectivity index is 1.54. The first kappa shape index (κ1) is 21.1. The van der Waals surface area contributed by atoms with Crippen molar-refractivity contribution in [2.24, 2.45) is 0 Å². The molecular weight excluding hydrogens is 433 g/mol. The quantitative estimate of drug-likeness (QED) is 0.301. The van der Waals surface area contributed by atoms with Crippen molar-refractivity contribution in [1.82, 2.24) is 10.2 Å². The number of amides is 2. The number of nitrogen functional groups attached to an aromatic ring is 1. The number of H-pyrrole nitrogens is 1. The van der Waals surface area contributed by atoms with E-state index in [1.807, 2.05) is 5.32 Å². The molecule has 4 rings (SSSR count). The molecule has 164 valence electrons. The van der Waals surface area contributed by atoms with Gasteiger partial charge in [0.1, 0.15) is 5.82 Å². The molecule has 0 spiro atoms. The number of alkyl halides is 3. The van der Waals surface area contributed by atoms with Crippen molar-refractivity contribution >= 4 is 34.1 Å². The number of rotatable bonds is 3. The van der Waals surface area contributed by atoms with Crippen LogP contribution in [0.15, 0.2) is 54.6 Å². The molecule has 5 N–H and O–H groups in total. The van der Waals surface area contributed by atoms with Gasteiger partial charge in [-0.2, -0.15) is 18.3 Å². The van der Waals surface area contributed by atoms with E-state index in [2.05, 4.69) is 15.5 Å². The molecule has 6 nitrogen and oxygen atoms in total. The monoisotopic (exact) mass is 447 g/mol. The third-order valence-corrected chi connectivity index (χ3v) is 4.69. The first-order chi connectivity index (χ1) is 15.1. The molecular formula is C21H14F5N5O. The van der Waals surface area contributed by atoms with Crippen LogP contribution >= 0.6 is 0 Å². The number of urea groups is 1. The lowest BCUT2D eigenvalue weighted by Crippen LogP contribution is -2.21. The number of benzene rings is 3. The van der Waals surface area contributed by atoms with Gasteiger partial charge in [-0.1, -0.05) is 18.2 Å². The van der Waals surface area contributed by atoms with Crippen LogP contribution in [0.5, 0.6) is 0 Å². The van der Waals surface area contributed by atoms with Gasteiger partial charge in [-0.25, -0.2) is 13.6 Å². The van der Waals surface area contributed by atoms with Crippen LogP contribution in [0.4, 0.5) is 43.9 Å². The van der Waals surface area contributed by atoms with Crippen molar-refractivity contribution in [3.63, 3.8) is 0 Å². The Morgan fingerprint density at radius 3 is 2.38 bits per heavy atom. The minimum Gasteiger partial charge on any atom is -0.382 e. The Labute approximate surface area is 177 Å². The number of halogens is 5. The lowest BCUT2D eigenvalue weighted by molar-refractivity contribution is -0.139. The van der Waals surface area contributed by atoms with Gasteiger partial charge in [0.2, 0.25) is 0 Å². The van der Waals surface area contributed by atoms with E-state index in [1.165, 1.54) is 36.4 Å². The smallest absolute Gasteiger partial charge is 0.382 e. The van der Waals surface area contributed by atoms with Crippen LogP contribution in [0.2, 0.25) is 0 Å². The maximum atomic E-state index is 14.5. The molecule has 0 saturated carbocycles. The standard InChI is InChI=1S/C21H14F5N5O/c22-13-8-9-14-17(19(27)31-30-14)16(13)10-4-6-11(7-5-10)28-20(32)29-15-3-1-2-12(18(15)23)21(24,25)26/h1-9H,(H3,27,30,31)(H2,28,29,32). The van der Waals surface area contributed by atoms with Crippen molar-refractivity contribution in [1.29, 1.82) is 0 Å². The van der Waals surface area contributed by atoms with Crippen LogP contribution in [0, 0.1) is 11.6 Å². The predicted molar refractivity (Wildman–Crippen MR) is 110 cm³/mol. The molecule has 0 aliphatic carbocycles. The third kappa shape index (κ3) is 3.92. The van der Waals surface area contributed by atoms with Crippen LogP contribution in [0.3, 0.4) is 0 Å². The first-order valence-electron chi connectivity index (χ1n) is 9.11. The lowest BCUT2D eigenvalue weighted by Gasteiger charge is -2.13. The summed E-state index contributed by atoms with van der Waals surface area (Å²) < 4.78 is 67.0. The van der Waals surface area contributed by atoms with Crippen LogP contribution in [0.25, 0.3) is 22.0 Å². The van der Waals surface area contributed by atoms with E-state index in [-0.39, 0.29) is 17.1 Å². The molecule has 0 saturated heterocycles. The highest BCUT2D eigenvalue weighted by Crippen LogP contribution is 2.35. The van der Waals surface area contributed by atoms with E-state index in [4.69, 9.17) is 5.73 Å². The van der Waals surface area contributed by atoms with E-state index < -0.39 is 35.1 Å². The molecule has 2 amide bonds. The van der Waals surface area contributed by atoms with E-state index in [0.717, 1.165) is 12.1 Å². The van der Waals surface area contributed by atoms with Gasteiger partial charge in [0, 0.05) is 11.3 Å². The SMILES string of the molecule is Nc1n[nH]c2ccc(F)c(-c3ccc(NC(=O)Nc4cccc(C(F)(F)F)c4F)cc3)c12. The Morgan fingerprint density at radius 2 is 1.69 bits per heavy atom. The highest BCUT2D eigenvalue weighted by atomic mass is 19.4. The fraction of sp³-hybridized carbons (Fsp3) is 0.0476. The van der Waals surface area contributed by atoms with Crippen molar-refractivity contribution in [3.8, 4) is 11.1 Å². The van der Waals surface area contributed by atoms with Crippen molar-refractivity contribution in [2.75, 3.05) is 16.4 Å².